The van der Waals surface area contributed by atoms with E-state index in [0.717, 1.165) is 30.0 Å². The third-order valence-electron chi connectivity index (χ3n) is 3.62. The van der Waals surface area contributed by atoms with Gasteiger partial charge in [0, 0.05) is 18.2 Å². The van der Waals surface area contributed by atoms with Gasteiger partial charge in [0.05, 0.1) is 11.3 Å². The van der Waals surface area contributed by atoms with Gasteiger partial charge in [-0.2, -0.15) is 5.26 Å². The summed E-state index contributed by atoms with van der Waals surface area (Å²) in [6, 6.07) is 21.3. The van der Waals surface area contributed by atoms with Gasteiger partial charge in [-0.05, 0) is 18.6 Å². The minimum absolute atomic E-state index is 0.574. The highest BCUT2D eigenvalue weighted by molar-refractivity contribution is 5.68. The van der Waals surface area contributed by atoms with Crippen molar-refractivity contribution in [3.8, 4) is 17.5 Å². The van der Waals surface area contributed by atoms with Gasteiger partial charge < -0.3 is 10.6 Å². The van der Waals surface area contributed by atoms with Crippen LogP contribution in [0.2, 0.25) is 0 Å². The summed E-state index contributed by atoms with van der Waals surface area (Å²) >= 11 is 0. The van der Waals surface area contributed by atoms with Crippen LogP contribution < -0.4 is 10.6 Å². The molecule has 0 spiro atoms. The summed E-state index contributed by atoms with van der Waals surface area (Å²) in [5.41, 5.74) is 2.24. The van der Waals surface area contributed by atoms with E-state index in [1.165, 1.54) is 0 Å². The van der Waals surface area contributed by atoms with Gasteiger partial charge in [0.25, 0.3) is 0 Å². The highest BCUT2D eigenvalue weighted by atomic mass is 15.1. The lowest BCUT2D eigenvalue weighted by atomic mass is 10.2. The largest absolute Gasteiger partial charge is 0.370 e. The van der Waals surface area contributed by atoms with Crippen molar-refractivity contribution < 1.29 is 0 Å². The highest BCUT2D eigenvalue weighted by Gasteiger charge is 2.08. The second-order valence-corrected chi connectivity index (χ2v) is 5.54. The van der Waals surface area contributed by atoms with Crippen molar-refractivity contribution in [1.29, 1.82) is 5.26 Å². The molecule has 5 heteroatoms. The number of hydrogen-bond donors (Lipinski definition) is 2. The summed E-state index contributed by atoms with van der Waals surface area (Å²) in [5, 5.41) is 15.8. The van der Waals surface area contributed by atoms with Crippen LogP contribution in [0.5, 0.6) is 0 Å². The summed E-state index contributed by atoms with van der Waals surface area (Å²) in [7, 11) is 0. The first kappa shape index (κ1) is 16.5. The van der Waals surface area contributed by atoms with Gasteiger partial charge in [0.15, 0.2) is 5.82 Å². The molecule has 0 aliphatic carbocycles. The van der Waals surface area contributed by atoms with Crippen LogP contribution in [0.4, 0.5) is 17.3 Å². The Balaban J connectivity index is 1.99. The van der Waals surface area contributed by atoms with Gasteiger partial charge in [0.2, 0.25) is 0 Å². The number of hydrogen-bond acceptors (Lipinski definition) is 5. The highest BCUT2D eigenvalue weighted by Crippen LogP contribution is 2.24. The van der Waals surface area contributed by atoms with Crippen molar-refractivity contribution in [1.82, 2.24) is 9.97 Å². The predicted octanol–water partition coefficient (Wildman–Crippen LogP) is 4.58. The topological polar surface area (TPSA) is 73.6 Å². The molecule has 3 rings (SSSR count). The van der Waals surface area contributed by atoms with E-state index in [9.17, 15) is 5.26 Å². The Kier molecular flexibility index (Phi) is 5.22. The Morgan fingerprint density at radius 2 is 1.68 bits per heavy atom. The molecule has 0 aliphatic rings. The molecular formula is C20H19N5. The van der Waals surface area contributed by atoms with Crippen LogP contribution in [-0.4, -0.2) is 16.5 Å². The number of benzene rings is 2. The number of para-hydroxylation sites is 1. The van der Waals surface area contributed by atoms with Crippen LogP contribution >= 0.6 is 0 Å². The minimum Gasteiger partial charge on any atom is -0.370 e. The lowest BCUT2D eigenvalue weighted by Crippen LogP contribution is -2.06. The fourth-order valence-electron chi connectivity index (χ4n) is 2.40. The number of nitrogens with zero attached hydrogens (tertiary/aromatic N) is 3. The van der Waals surface area contributed by atoms with Gasteiger partial charge in [0.1, 0.15) is 17.7 Å². The molecule has 0 atom stereocenters. The van der Waals surface area contributed by atoms with E-state index in [0.29, 0.717) is 17.2 Å². The zero-order chi connectivity index (χ0) is 17.5. The Morgan fingerprint density at radius 1 is 0.960 bits per heavy atom. The number of nitrogens with one attached hydrogen (secondary N) is 2. The molecule has 2 N–H and O–H groups in total. The lowest BCUT2D eigenvalue weighted by molar-refractivity contribution is 0.966. The molecule has 0 saturated carbocycles. The van der Waals surface area contributed by atoms with E-state index in [4.69, 9.17) is 0 Å². The quantitative estimate of drug-likeness (QED) is 0.692. The summed E-state index contributed by atoms with van der Waals surface area (Å²) in [5.74, 6) is 2.04. The summed E-state index contributed by atoms with van der Waals surface area (Å²) in [6.07, 6.45) is 1.00. The van der Waals surface area contributed by atoms with Crippen LogP contribution in [0.15, 0.2) is 60.7 Å². The standard InChI is InChI=1S/C20H19N5/c1-2-12-22-18-13-19(23-17-11-7-6-10-16(17)14-21)25-20(24-18)15-8-4-3-5-9-15/h3-11,13H,2,12H2,1H3,(H2,22,23,24,25). The normalized spacial score (nSPS) is 10.1. The van der Waals surface area contributed by atoms with E-state index in [2.05, 4.69) is 33.6 Å². The number of anilines is 3. The zero-order valence-corrected chi connectivity index (χ0v) is 14.0. The minimum atomic E-state index is 0.574. The molecule has 25 heavy (non-hydrogen) atoms. The third kappa shape index (κ3) is 4.12. The Morgan fingerprint density at radius 3 is 2.44 bits per heavy atom. The van der Waals surface area contributed by atoms with Gasteiger partial charge in [-0.3, -0.25) is 0 Å². The van der Waals surface area contributed by atoms with Crippen molar-refractivity contribution in [3.05, 3.63) is 66.2 Å². The van der Waals surface area contributed by atoms with Crippen LogP contribution in [-0.2, 0) is 0 Å². The first-order valence-corrected chi connectivity index (χ1v) is 8.24. The van der Waals surface area contributed by atoms with Gasteiger partial charge in [-0.1, -0.05) is 49.4 Å². The van der Waals surface area contributed by atoms with Gasteiger partial charge >= 0.3 is 0 Å². The summed E-state index contributed by atoms with van der Waals surface area (Å²) in [4.78, 5) is 9.21. The second-order valence-electron chi connectivity index (χ2n) is 5.54. The molecule has 2 aromatic carbocycles. The molecule has 0 unspecified atom stereocenters. The van der Waals surface area contributed by atoms with E-state index in [1.807, 2.05) is 54.6 Å². The molecule has 0 aliphatic heterocycles. The maximum atomic E-state index is 9.26. The molecular weight excluding hydrogens is 310 g/mol. The van der Waals surface area contributed by atoms with Crippen LogP contribution in [0.1, 0.15) is 18.9 Å². The fourth-order valence-corrected chi connectivity index (χ4v) is 2.40. The average Bonchev–Trinajstić information content (AvgIpc) is 2.67. The second kappa shape index (κ2) is 7.93. The van der Waals surface area contributed by atoms with E-state index in [1.54, 1.807) is 6.07 Å². The van der Waals surface area contributed by atoms with E-state index in [-0.39, 0.29) is 0 Å². The van der Waals surface area contributed by atoms with Crippen LogP contribution in [0.3, 0.4) is 0 Å². The maximum absolute atomic E-state index is 9.26. The number of aromatic nitrogens is 2. The van der Waals surface area contributed by atoms with Gasteiger partial charge in [-0.25, -0.2) is 9.97 Å². The van der Waals surface area contributed by atoms with Crippen molar-refractivity contribution in [2.45, 2.75) is 13.3 Å². The first-order chi connectivity index (χ1) is 12.3. The first-order valence-electron chi connectivity index (χ1n) is 8.24. The zero-order valence-electron chi connectivity index (χ0n) is 14.0. The van der Waals surface area contributed by atoms with Crippen molar-refractivity contribution in [2.75, 3.05) is 17.2 Å². The smallest absolute Gasteiger partial charge is 0.163 e. The molecule has 0 fully saturated rings. The molecule has 0 radical (unpaired) electrons. The van der Waals surface area contributed by atoms with Crippen molar-refractivity contribution in [3.63, 3.8) is 0 Å². The average molecular weight is 329 g/mol. The maximum Gasteiger partial charge on any atom is 0.163 e. The van der Waals surface area contributed by atoms with Crippen molar-refractivity contribution in [2.24, 2.45) is 0 Å². The molecule has 0 bridgehead atoms. The Hall–Kier alpha value is -3.39. The van der Waals surface area contributed by atoms with E-state index < -0.39 is 0 Å². The van der Waals surface area contributed by atoms with Crippen LogP contribution in [0, 0.1) is 11.3 Å². The molecule has 3 aromatic rings. The molecule has 124 valence electrons. The third-order valence-corrected chi connectivity index (χ3v) is 3.62. The SMILES string of the molecule is CCCNc1cc(Nc2ccccc2C#N)nc(-c2ccccc2)n1. The predicted molar refractivity (Wildman–Crippen MR) is 101 cm³/mol. The Labute approximate surface area is 147 Å². The monoisotopic (exact) mass is 329 g/mol. The summed E-state index contributed by atoms with van der Waals surface area (Å²) < 4.78 is 0. The van der Waals surface area contributed by atoms with E-state index >= 15 is 0 Å². The number of rotatable bonds is 6. The molecule has 1 aromatic heterocycles. The number of nitriles is 1. The molecule has 5 nitrogen and oxygen atoms in total. The molecule has 0 amide bonds. The lowest BCUT2D eigenvalue weighted by Gasteiger charge is -2.12. The van der Waals surface area contributed by atoms with Crippen LogP contribution in [0.25, 0.3) is 11.4 Å². The van der Waals surface area contributed by atoms with Gasteiger partial charge in [-0.15, -0.1) is 0 Å². The Bertz CT molecular complexity index is 884. The fraction of sp³-hybridized carbons (Fsp3) is 0.150. The summed E-state index contributed by atoms with van der Waals surface area (Å²) in [6.45, 7) is 2.94. The molecule has 0 saturated heterocycles. The molecule has 1 heterocycles. The van der Waals surface area contributed by atoms with Crippen molar-refractivity contribution >= 4 is 17.3 Å².